The Morgan fingerprint density at radius 3 is 0.914 bits per heavy atom. The van der Waals surface area contributed by atoms with E-state index >= 15 is 0 Å². The molecule has 0 bridgehead atoms. The summed E-state index contributed by atoms with van der Waals surface area (Å²) < 4.78 is 15.0. The quantitative estimate of drug-likeness (QED) is 0.137. The Bertz CT molecular complexity index is 10100. The lowest BCUT2D eigenvalue weighted by molar-refractivity contribution is 1.07. The molecule has 140 heavy (non-hydrogen) atoms. The van der Waals surface area contributed by atoms with Gasteiger partial charge in [0.15, 0.2) is 17.5 Å². The van der Waals surface area contributed by atoms with Gasteiger partial charge in [-0.05, 0) is 191 Å². The van der Waals surface area contributed by atoms with Crippen molar-refractivity contribution < 1.29 is 0 Å². The Morgan fingerprint density at radius 2 is 0.450 bits per heavy atom. The number of nitrogens with zero attached hydrogens (tertiary/aromatic N) is 8. The topological polar surface area (TPSA) is 63.3 Å². The van der Waals surface area contributed by atoms with Crippen LogP contribution in [-0.2, 0) is 0 Å². The van der Waals surface area contributed by atoms with Crippen LogP contribution in [0.25, 0.3) is 268 Å². The molecule has 30 aromatic rings. The van der Waals surface area contributed by atoms with Crippen LogP contribution in [0.4, 0.5) is 0 Å². The number of para-hydroxylation sites is 6. The fourth-order valence-electron chi connectivity index (χ4n) is 22.6. The lowest BCUT2D eigenvalue weighted by Crippen LogP contribution is -2.01. The average molecular weight is 1800 g/mol. The molecule has 7 heterocycles. The van der Waals surface area contributed by atoms with Gasteiger partial charge < -0.3 is 22.8 Å². The molecule has 0 aliphatic heterocycles. The van der Waals surface area contributed by atoms with Gasteiger partial charge >= 0.3 is 0 Å². The predicted octanol–water partition coefficient (Wildman–Crippen LogP) is 35.2. The van der Waals surface area contributed by atoms with E-state index in [4.69, 9.17) is 15.0 Å². The summed E-state index contributed by atoms with van der Waals surface area (Å²) in [4.78, 5) is 14.9. The first-order valence-corrected chi connectivity index (χ1v) is 48.6. The molecular weight excluding hydrogens is 1720 g/mol. The highest BCUT2D eigenvalue weighted by Crippen LogP contribution is 2.52. The minimum Gasteiger partial charge on any atom is -0.309 e. The molecule has 0 radical (unpaired) electrons. The smallest absolute Gasteiger partial charge is 0.164 e. The average Bonchev–Trinajstić information content (AvgIpc) is 1.53. The van der Waals surface area contributed by atoms with Crippen LogP contribution in [0.15, 0.2) is 497 Å². The second kappa shape index (κ2) is 32.7. The Balaban J connectivity index is 0.000000103. The molecule has 0 aliphatic rings. The molecular formula is C131H82N8S. The normalized spacial score (nSPS) is 11.9. The van der Waals surface area contributed by atoms with Crippen molar-refractivity contribution >= 4 is 194 Å². The second-order valence-electron chi connectivity index (χ2n) is 36.3. The van der Waals surface area contributed by atoms with Crippen molar-refractivity contribution in [3.63, 3.8) is 0 Å². The van der Waals surface area contributed by atoms with Gasteiger partial charge in [0.25, 0.3) is 0 Å². The van der Waals surface area contributed by atoms with Gasteiger partial charge in [0.2, 0.25) is 0 Å². The van der Waals surface area contributed by atoms with Crippen LogP contribution in [0.5, 0.6) is 0 Å². The van der Waals surface area contributed by atoms with Gasteiger partial charge in [-0.25, -0.2) is 15.0 Å². The van der Waals surface area contributed by atoms with Crippen molar-refractivity contribution in [2.45, 2.75) is 0 Å². The van der Waals surface area contributed by atoms with E-state index < -0.39 is 0 Å². The van der Waals surface area contributed by atoms with Crippen LogP contribution in [0.2, 0.25) is 0 Å². The summed E-state index contributed by atoms with van der Waals surface area (Å²) in [6.07, 6.45) is 0. The van der Waals surface area contributed by atoms with Crippen molar-refractivity contribution in [2.24, 2.45) is 0 Å². The monoisotopic (exact) mass is 1800 g/mol. The maximum absolute atomic E-state index is 5.00. The highest BCUT2D eigenvalue weighted by molar-refractivity contribution is 7.26. The molecule has 0 N–H and O–H groups in total. The SMILES string of the molecule is c1ccc(-c2nc(-c3ccccc3)nc(-c3cccc(-n4c5ccc6ccccc6c5c5c6ccccc6ccc54)c3)n2)cc1.c1ccc(-n2c3ccccc3c3c4ccccc4c4c5ccccc5n(-c5cccc(-c6ccc7ccccc7c6)c5)c4c32)cc1.c1ccc(-n2c3ccccc3c3c4ccccc4c4c5ccccc5n(-c5cccc(-c6cccc7sc8ccccc8c67)c5)c4c32)cc1. The van der Waals surface area contributed by atoms with Crippen molar-refractivity contribution in [1.82, 2.24) is 37.8 Å². The third-order valence-corrected chi connectivity index (χ3v) is 29.7. The lowest BCUT2D eigenvalue weighted by atomic mass is 9.98. The van der Waals surface area contributed by atoms with Crippen LogP contribution < -0.4 is 0 Å². The van der Waals surface area contributed by atoms with Gasteiger partial charge in [0, 0.05) is 119 Å². The fraction of sp³-hybridized carbons (Fsp3) is 0. The largest absolute Gasteiger partial charge is 0.309 e. The number of rotatable bonds is 10. The van der Waals surface area contributed by atoms with Gasteiger partial charge in [-0.2, -0.15) is 0 Å². The third kappa shape index (κ3) is 12.8. The minimum absolute atomic E-state index is 0.640. The summed E-state index contributed by atoms with van der Waals surface area (Å²) in [7, 11) is 0. The van der Waals surface area contributed by atoms with Crippen LogP contribution >= 0.6 is 11.3 Å². The Hall–Kier alpha value is -18.4. The highest BCUT2D eigenvalue weighted by atomic mass is 32.1. The van der Waals surface area contributed by atoms with Crippen molar-refractivity contribution in [2.75, 3.05) is 0 Å². The van der Waals surface area contributed by atoms with Gasteiger partial charge in [0.1, 0.15) is 0 Å². The van der Waals surface area contributed by atoms with E-state index in [1.165, 1.54) is 205 Å². The molecule has 0 saturated heterocycles. The Labute approximate surface area is 808 Å². The zero-order valence-corrected chi connectivity index (χ0v) is 76.6. The summed E-state index contributed by atoms with van der Waals surface area (Å²) >= 11 is 1.87. The molecule has 30 rings (SSSR count). The molecule has 23 aromatic carbocycles. The van der Waals surface area contributed by atoms with Crippen molar-refractivity contribution in [3.8, 4) is 84.9 Å². The molecule has 7 aromatic heterocycles. The molecule has 0 spiro atoms. The Kier molecular flexibility index (Phi) is 18.7. The van der Waals surface area contributed by atoms with Crippen molar-refractivity contribution in [3.05, 3.63) is 497 Å². The molecule has 652 valence electrons. The van der Waals surface area contributed by atoms with Gasteiger partial charge in [-0.15, -0.1) is 11.3 Å². The minimum atomic E-state index is 0.640. The van der Waals surface area contributed by atoms with Crippen LogP contribution in [-0.4, -0.2) is 37.8 Å². The maximum Gasteiger partial charge on any atom is 0.164 e. The van der Waals surface area contributed by atoms with Crippen LogP contribution in [0.3, 0.4) is 0 Å². The Morgan fingerprint density at radius 1 is 0.150 bits per heavy atom. The first kappa shape index (κ1) is 80.1. The summed E-state index contributed by atoms with van der Waals surface area (Å²) in [5, 5.41) is 28.0. The molecule has 8 nitrogen and oxygen atoms in total. The zero-order chi connectivity index (χ0) is 92.0. The third-order valence-electron chi connectivity index (χ3n) is 28.5. The highest BCUT2D eigenvalue weighted by Gasteiger charge is 2.29. The molecule has 0 amide bonds. The number of hydrogen-bond donors (Lipinski definition) is 0. The van der Waals surface area contributed by atoms with Gasteiger partial charge in [-0.1, -0.05) is 382 Å². The molecule has 0 unspecified atom stereocenters. The summed E-state index contributed by atoms with van der Waals surface area (Å²) in [6, 6.07) is 179. The number of fused-ring (bicyclic) bond motifs is 31. The molecule has 9 heteroatoms. The summed E-state index contributed by atoms with van der Waals surface area (Å²) in [6.45, 7) is 0. The number of hydrogen-bond acceptors (Lipinski definition) is 4. The standard InChI is InChI=1S/C46H28N2S.C44H28N2.C41H26N4/c1-2-15-30(16-3-1)47-38-24-9-6-20-35(38)43-33-18-4-5-19-34(33)44-36-21-7-10-25-39(36)48(46(44)45(43)47)31-17-12-14-29(28-31)32-23-13-27-41-42(32)37-22-8-11-26-40(37)49-41;1-2-16-33(17-3-1)45-39-23-10-8-21-37(39)41-35-19-6-7-20-36(35)42-38-22-9-11-24-40(38)46(44(42)43(41)45)34-18-12-15-31(28-34)32-26-25-29-13-4-5-14-30(29)27-32;1-3-14-29(15-4-1)39-42-40(30-16-5-2-6-17-30)44-41(43-39)31-18-11-19-32(26-31)45-35-24-22-27-12-7-9-20-33(27)37(35)38-34-21-10-8-13-28(34)23-25-36(38)45/h1-28H;1-28H;1-26H. The first-order chi connectivity index (χ1) is 69.5. The van der Waals surface area contributed by atoms with Gasteiger partial charge in [0.05, 0.1) is 55.2 Å². The van der Waals surface area contributed by atoms with Gasteiger partial charge in [-0.3, -0.25) is 0 Å². The van der Waals surface area contributed by atoms with E-state index in [2.05, 4.69) is 460 Å². The van der Waals surface area contributed by atoms with Crippen molar-refractivity contribution in [1.29, 1.82) is 0 Å². The maximum atomic E-state index is 5.00. The predicted molar refractivity (Wildman–Crippen MR) is 592 cm³/mol. The summed E-state index contributed by atoms with van der Waals surface area (Å²) in [5.74, 6) is 1.94. The molecule has 0 fully saturated rings. The fourth-order valence-corrected chi connectivity index (χ4v) is 23.7. The first-order valence-electron chi connectivity index (χ1n) is 47.8. The molecule has 0 aliphatic carbocycles. The molecule has 0 saturated carbocycles. The zero-order valence-electron chi connectivity index (χ0n) is 75.8. The number of aromatic nitrogens is 8. The number of thiophene rings is 1. The second-order valence-corrected chi connectivity index (χ2v) is 37.4. The number of benzene rings is 23. The van der Waals surface area contributed by atoms with E-state index in [1.54, 1.807) is 0 Å². The summed E-state index contributed by atoms with van der Waals surface area (Å²) in [5.41, 5.74) is 25.5. The van der Waals surface area contributed by atoms with E-state index in [0.717, 1.165) is 45.1 Å². The lowest BCUT2D eigenvalue weighted by Gasteiger charge is -2.15. The van der Waals surface area contributed by atoms with Crippen LogP contribution in [0, 0.1) is 0 Å². The van der Waals surface area contributed by atoms with E-state index in [9.17, 15) is 0 Å². The van der Waals surface area contributed by atoms with E-state index in [0.29, 0.717) is 17.5 Å². The van der Waals surface area contributed by atoms with Crippen LogP contribution in [0.1, 0.15) is 0 Å². The molecule has 0 atom stereocenters. The van der Waals surface area contributed by atoms with E-state index in [1.807, 2.05) is 72.0 Å². The van der Waals surface area contributed by atoms with E-state index in [-0.39, 0.29) is 0 Å².